The van der Waals surface area contributed by atoms with Gasteiger partial charge in [0.2, 0.25) is 0 Å². The largest absolute Gasteiger partial charge is 0.307 e. The molecule has 2 nitrogen and oxygen atoms in total. The lowest BCUT2D eigenvalue weighted by atomic mass is 10.0. The van der Waals surface area contributed by atoms with Crippen molar-refractivity contribution < 1.29 is 4.21 Å². The van der Waals surface area contributed by atoms with Gasteiger partial charge in [-0.1, -0.05) is 54.6 Å². The van der Waals surface area contributed by atoms with Crippen molar-refractivity contribution in [1.29, 1.82) is 0 Å². The minimum atomic E-state index is -0.713. The lowest BCUT2D eigenvalue weighted by Gasteiger charge is -2.19. The maximum absolute atomic E-state index is 12.0. The molecule has 0 spiro atoms. The van der Waals surface area contributed by atoms with Gasteiger partial charge in [-0.15, -0.1) is 0 Å². The zero-order valence-corrected chi connectivity index (χ0v) is 13.1. The molecule has 1 fully saturated rings. The Morgan fingerprint density at radius 2 is 1.67 bits per heavy atom. The van der Waals surface area contributed by atoms with Crippen LogP contribution in [0.15, 0.2) is 54.6 Å². The van der Waals surface area contributed by atoms with Crippen LogP contribution in [0.25, 0.3) is 11.1 Å². The summed E-state index contributed by atoms with van der Waals surface area (Å²) in [6.45, 7) is 2.17. The SMILES string of the molecule is CC1CCS(=O)CC(c2ccc(-c3ccccc3)cc2)N1. The van der Waals surface area contributed by atoms with Gasteiger partial charge < -0.3 is 5.32 Å². The maximum atomic E-state index is 12.0. The monoisotopic (exact) mass is 299 g/mol. The first-order valence-corrected chi connectivity index (χ1v) is 8.97. The van der Waals surface area contributed by atoms with E-state index in [1.807, 2.05) is 6.07 Å². The summed E-state index contributed by atoms with van der Waals surface area (Å²) in [5.74, 6) is 1.53. The molecule has 2 aromatic rings. The summed E-state index contributed by atoms with van der Waals surface area (Å²) in [6.07, 6.45) is 0.991. The fraction of sp³-hybridized carbons (Fsp3) is 0.333. The van der Waals surface area contributed by atoms with E-state index < -0.39 is 10.8 Å². The Morgan fingerprint density at radius 1 is 1.00 bits per heavy atom. The van der Waals surface area contributed by atoms with E-state index in [2.05, 4.69) is 60.8 Å². The van der Waals surface area contributed by atoms with Gasteiger partial charge in [0.25, 0.3) is 0 Å². The standard InChI is InChI=1S/C18H21NOS/c1-14-11-12-21(20)13-18(19-14)17-9-7-16(8-10-17)15-5-3-2-4-6-15/h2-10,14,18-19H,11-13H2,1H3. The molecule has 1 saturated heterocycles. The van der Waals surface area contributed by atoms with E-state index in [1.165, 1.54) is 16.7 Å². The first kappa shape index (κ1) is 14.5. The van der Waals surface area contributed by atoms with Crippen LogP contribution in [-0.2, 0) is 10.8 Å². The molecular formula is C18H21NOS. The average molecular weight is 299 g/mol. The fourth-order valence-corrected chi connectivity index (χ4v) is 4.23. The Balaban J connectivity index is 1.81. The molecule has 1 heterocycles. The van der Waals surface area contributed by atoms with Gasteiger partial charge in [-0.3, -0.25) is 4.21 Å². The van der Waals surface area contributed by atoms with Crippen molar-refractivity contribution in [2.24, 2.45) is 0 Å². The summed E-state index contributed by atoms with van der Waals surface area (Å²) in [4.78, 5) is 0. The van der Waals surface area contributed by atoms with Gasteiger partial charge in [0.15, 0.2) is 0 Å². The molecule has 110 valence electrons. The van der Waals surface area contributed by atoms with E-state index in [0.29, 0.717) is 6.04 Å². The Morgan fingerprint density at radius 3 is 2.38 bits per heavy atom. The predicted octanol–water partition coefficient (Wildman–Crippen LogP) is 3.53. The minimum Gasteiger partial charge on any atom is -0.307 e. The van der Waals surface area contributed by atoms with E-state index in [-0.39, 0.29) is 6.04 Å². The molecule has 21 heavy (non-hydrogen) atoms. The zero-order chi connectivity index (χ0) is 14.7. The molecule has 0 aromatic heterocycles. The van der Waals surface area contributed by atoms with E-state index in [1.54, 1.807) is 0 Å². The number of hydrogen-bond donors (Lipinski definition) is 1. The quantitative estimate of drug-likeness (QED) is 0.919. The molecule has 3 unspecified atom stereocenters. The van der Waals surface area contributed by atoms with E-state index in [9.17, 15) is 4.21 Å². The number of hydrogen-bond acceptors (Lipinski definition) is 2. The van der Waals surface area contributed by atoms with Crippen LogP contribution in [0.3, 0.4) is 0 Å². The van der Waals surface area contributed by atoms with Crippen molar-refractivity contribution in [3.63, 3.8) is 0 Å². The molecule has 0 amide bonds. The van der Waals surface area contributed by atoms with Gasteiger partial charge in [-0.2, -0.15) is 0 Å². The van der Waals surface area contributed by atoms with E-state index >= 15 is 0 Å². The van der Waals surface area contributed by atoms with Gasteiger partial charge in [-0.25, -0.2) is 0 Å². The number of rotatable bonds is 2. The van der Waals surface area contributed by atoms with Crippen LogP contribution in [-0.4, -0.2) is 21.8 Å². The minimum absolute atomic E-state index is 0.202. The molecule has 0 bridgehead atoms. The van der Waals surface area contributed by atoms with Crippen molar-refractivity contribution in [3.05, 3.63) is 60.2 Å². The van der Waals surface area contributed by atoms with Gasteiger partial charge in [0.05, 0.1) is 0 Å². The van der Waals surface area contributed by atoms with Gasteiger partial charge in [0, 0.05) is 34.4 Å². The Bertz CT molecular complexity index is 609. The van der Waals surface area contributed by atoms with E-state index in [4.69, 9.17) is 0 Å². The zero-order valence-electron chi connectivity index (χ0n) is 12.3. The molecule has 0 aliphatic carbocycles. The lowest BCUT2D eigenvalue weighted by Crippen LogP contribution is -2.30. The van der Waals surface area contributed by atoms with Gasteiger partial charge >= 0.3 is 0 Å². The van der Waals surface area contributed by atoms with Crippen LogP contribution in [0.5, 0.6) is 0 Å². The van der Waals surface area contributed by atoms with Crippen LogP contribution in [0, 0.1) is 0 Å². The van der Waals surface area contributed by atoms with Crippen molar-refractivity contribution in [2.45, 2.75) is 25.4 Å². The summed E-state index contributed by atoms with van der Waals surface area (Å²) < 4.78 is 12.0. The second kappa shape index (κ2) is 6.54. The second-order valence-electron chi connectivity index (χ2n) is 5.71. The molecule has 3 heteroatoms. The highest BCUT2D eigenvalue weighted by atomic mass is 32.2. The molecular weight excluding hydrogens is 278 g/mol. The average Bonchev–Trinajstić information content (AvgIpc) is 2.70. The summed E-state index contributed by atoms with van der Waals surface area (Å²) in [7, 11) is -0.713. The number of nitrogens with one attached hydrogen (secondary N) is 1. The molecule has 0 saturated carbocycles. The first-order valence-electron chi connectivity index (χ1n) is 7.49. The van der Waals surface area contributed by atoms with Crippen molar-refractivity contribution in [3.8, 4) is 11.1 Å². The lowest BCUT2D eigenvalue weighted by molar-refractivity contribution is 0.484. The third kappa shape index (κ3) is 3.60. The third-order valence-electron chi connectivity index (χ3n) is 4.04. The summed E-state index contributed by atoms with van der Waals surface area (Å²) >= 11 is 0. The Labute approximate surface area is 129 Å². The normalized spacial score (nSPS) is 26.2. The molecule has 3 rings (SSSR count). The Kier molecular flexibility index (Phi) is 4.51. The summed E-state index contributed by atoms with van der Waals surface area (Å²) in [5.41, 5.74) is 3.69. The highest BCUT2D eigenvalue weighted by molar-refractivity contribution is 7.85. The fourth-order valence-electron chi connectivity index (χ4n) is 2.78. The summed E-state index contributed by atoms with van der Waals surface area (Å²) in [6, 6.07) is 19.7. The molecule has 3 atom stereocenters. The van der Waals surface area contributed by atoms with Gasteiger partial charge in [0.1, 0.15) is 0 Å². The molecule has 0 radical (unpaired) electrons. The van der Waals surface area contributed by atoms with Crippen molar-refractivity contribution in [2.75, 3.05) is 11.5 Å². The second-order valence-corrected chi connectivity index (χ2v) is 7.33. The van der Waals surface area contributed by atoms with Crippen molar-refractivity contribution >= 4 is 10.8 Å². The highest BCUT2D eigenvalue weighted by Gasteiger charge is 2.21. The predicted molar refractivity (Wildman–Crippen MR) is 89.7 cm³/mol. The maximum Gasteiger partial charge on any atom is 0.0438 e. The van der Waals surface area contributed by atoms with Crippen LogP contribution < -0.4 is 5.32 Å². The summed E-state index contributed by atoms with van der Waals surface area (Å²) in [5, 5.41) is 3.59. The molecule has 2 aromatic carbocycles. The topological polar surface area (TPSA) is 29.1 Å². The van der Waals surface area contributed by atoms with Crippen LogP contribution in [0.2, 0.25) is 0 Å². The smallest absolute Gasteiger partial charge is 0.0438 e. The van der Waals surface area contributed by atoms with Crippen LogP contribution in [0.1, 0.15) is 24.9 Å². The van der Waals surface area contributed by atoms with E-state index in [0.717, 1.165) is 17.9 Å². The molecule has 1 aliphatic rings. The molecule has 1 aliphatic heterocycles. The van der Waals surface area contributed by atoms with Crippen molar-refractivity contribution in [1.82, 2.24) is 5.32 Å². The first-order chi connectivity index (χ1) is 10.2. The van der Waals surface area contributed by atoms with Crippen LogP contribution >= 0.6 is 0 Å². The highest BCUT2D eigenvalue weighted by Crippen LogP contribution is 2.24. The van der Waals surface area contributed by atoms with Gasteiger partial charge in [-0.05, 0) is 30.0 Å². The van der Waals surface area contributed by atoms with Crippen LogP contribution in [0.4, 0.5) is 0 Å². The Hall–Kier alpha value is -1.45. The number of benzene rings is 2. The third-order valence-corrected chi connectivity index (χ3v) is 5.43. The molecule has 1 N–H and O–H groups in total.